The third-order valence-electron chi connectivity index (χ3n) is 3.67. The summed E-state index contributed by atoms with van der Waals surface area (Å²) < 4.78 is 2.35. The molecule has 0 aliphatic carbocycles. The van der Waals surface area contributed by atoms with Gasteiger partial charge in [-0.05, 0) is 11.1 Å². The van der Waals surface area contributed by atoms with E-state index < -0.39 is 0 Å². The fourth-order valence-electron chi connectivity index (χ4n) is 2.61. The first-order valence-electron chi connectivity index (χ1n) is 7.10. The van der Waals surface area contributed by atoms with E-state index in [1.807, 2.05) is 0 Å². The van der Waals surface area contributed by atoms with Gasteiger partial charge in [0.2, 0.25) is 0 Å². The number of hydrogen-bond acceptors (Lipinski definition) is 0. The van der Waals surface area contributed by atoms with Crippen molar-refractivity contribution >= 4 is 0 Å². The lowest BCUT2D eigenvalue weighted by Gasteiger charge is -2.13. The number of aromatic nitrogens is 1. The summed E-state index contributed by atoms with van der Waals surface area (Å²) in [4.78, 5) is 0. The van der Waals surface area contributed by atoms with Crippen molar-refractivity contribution in [3.05, 3.63) is 53.9 Å². The van der Waals surface area contributed by atoms with Gasteiger partial charge in [-0.3, -0.25) is 0 Å². The van der Waals surface area contributed by atoms with Crippen LogP contribution in [0.4, 0.5) is 0 Å². The quantitative estimate of drug-likeness (QED) is 0.714. The van der Waals surface area contributed by atoms with Gasteiger partial charge in [0.25, 0.3) is 0 Å². The van der Waals surface area contributed by atoms with Gasteiger partial charge in [0.1, 0.15) is 7.05 Å². The van der Waals surface area contributed by atoms with Gasteiger partial charge in [-0.25, -0.2) is 4.57 Å². The van der Waals surface area contributed by atoms with Crippen molar-refractivity contribution < 1.29 is 4.57 Å². The molecule has 0 radical (unpaired) electrons. The first kappa shape index (κ1) is 13.8. The smallest absolute Gasteiger partial charge is 0.184 e. The maximum absolute atomic E-state index is 2.35. The number of pyridine rings is 1. The Balaban J connectivity index is 2.63. The predicted octanol–water partition coefficient (Wildman–Crippen LogP) is 4.42. The SMILES string of the molecule is CC(C)c1cc(-c2ccccc2)cc(C(C)C)[n+]1C. The van der Waals surface area contributed by atoms with E-state index in [0.717, 1.165) is 0 Å². The third kappa shape index (κ3) is 2.86. The van der Waals surface area contributed by atoms with Gasteiger partial charge in [0.05, 0.1) is 0 Å². The van der Waals surface area contributed by atoms with Gasteiger partial charge in [-0.2, -0.15) is 0 Å². The summed E-state index contributed by atoms with van der Waals surface area (Å²) >= 11 is 0. The average molecular weight is 254 g/mol. The molecule has 1 aromatic heterocycles. The molecule has 0 aliphatic rings. The van der Waals surface area contributed by atoms with Crippen molar-refractivity contribution in [2.45, 2.75) is 39.5 Å². The van der Waals surface area contributed by atoms with E-state index in [-0.39, 0.29) is 0 Å². The molecule has 0 saturated heterocycles. The highest BCUT2D eigenvalue weighted by atomic mass is 15.0. The zero-order chi connectivity index (χ0) is 14.0. The summed E-state index contributed by atoms with van der Waals surface area (Å²) in [6.45, 7) is 9.03. The van der Waals surface area contributed by atoms with Crippen LogP contribution in [0.1, 0.15) is 50.9 Å². The molecule has 1 heterocycles. The second-order valence-corrected chi connectivity index (χ2v) is 5.83. The number of benzene rings is 1. The van der Waals surface area contributed by atoms with Crippen LogP contribution in [-0.4, -0.2) is 0 Å². The predicted molar refractivity (Wildman–Crippen MR) is 81.2 cm³/mol. The van der Waals surface area contributed by atoms with Gasteiger partial charge in [-0.1, -0.05) is 58.0 Å². The lowest BCUT2D eigenvalue weighted by molar-refractivity contribution is -0.688. The van der Waals surface area contributed by atoms with Gasteiger partial charge >= 0.3 is 0 Å². The van der Waals surface area contributed by atoms with Crippen LogP contribution in [0.3, 0.4) is 0 Å². The number of hydrogen-bond donors (Lipinski definition) is 0. The van der Waals surface area contributed by atoms with Crippen molar-refractivity contribution in [2.24, 2.45) is 7.05 Å². The van der Waals surface area contributed by atoms with E-state index in [1.165, 1.54) is 22.5 Å². The van der Waals surface area contributed by atoms with Crippen molar-refractivity contribution in [1.29, 1.82) is 0 Å². The summed E-state index contributed by atoms with van der Waals surface area (Å²) in [5.41, 5.74) is 5.41. The molecule has 2 aromatic rings. The summed E-state index contributed by atoms with van der Waals surface area (Å²) in [5, 5.41) is 0. The molecule has 0 fully saturated rings. The molecule has 0 N–H and O–H groups in total. The molecule has 19 heavy (non-hydrogen) atoms. The van der Waals surface area contributed by atoms with Crippen LogP contribution in [0.15, 0.2) is 42.5 Å². The zero-order valence-electron chi connectivity index (χ0n) is 12.6. The summed E-state index contributed by atoms with van der Waals surface area (Å²) in [7, 11) is 2.18. The average Bonchev–Trinajstić information content (AvgIpc) is 2.39. The molecule has 0 bridgehead atoms. The molecule has 0 amide bonds. The van der Waals surface area contributed by atoms with Gasteiger partial charge in [0, 0.05) is 24.0 Å². The molecule has 0 atom stereocenters. The zero-order valence-corrected chi connectivity index (χ0v) is 12.6. The third-order valence-corrected chi connectivity index (χ3v) is 3.67. The minimum absolute atomic E-state index is 0.533. The maximum atomic E-state index is 2.35. The fraction of sp³-hybridized carbons (Fsp3) is 0.389. The molecular formula is C18H24N+. The Hall–Kier alpha value is -1.63. The van der Waals surface area contributed by atoms with Crippen LogP contribution >= 0.6 is 0 Å². The minimum atomic E-state index is 0.533. The van der Waals surface area contributed by atoms with Gasteiger partial charge < -0.3 is 0 Å². The van der Waals surface area contributed by atoms with Crippen LogP contribution < -0.4 is 4.57 Å². The second kappa shape index (κ2) is 5.56. The van der Waals surface area contributed by atoms with E-state index in [9.17, 15) is 0 Å². The molecule has 0 aliphatic heterocycles. The Labute approximate surface area is 116 Å². The molecule has 0 saturated carbocycles. The van der Waals surface area contributed by atoms with E-state index in [0.29, 0.717) is 11.8 Å². The highest BCUT2D eigenvalue weighted by molar-refractivity contribution is 5.63. The highest BCUT2D eigenvalue weighted by Crippen LogP contribution is 2.25. The minimum Gasteiger partial charge on any atom is -0.202 e. The molecule has 1 heteroatoms. The van der Waals surface area contributed by atoms with E-state index >= 15 is 0 Å². The molecule has 100 valence electrons. The number of nitrogens with zero attached hydrogens (tertiary/aromatic N) is 1. The van der Waals surface area contributed by atoms with Crippen LogP contribution in [0.5, 0.6) is 0 Å². The van der Waals surface area contributed by atoms with Crippen LogP contribution in [0.25, 0.3) is 11.1 Å². The molecular weight excluding hydrogens is 230 g/mol. The summed E-state index contributed by atoms with van der Waals surface area (Å²) in [6.07, 6.45) is 0. The van der Waals surface area contributed by atoms with Crippen molar-refractivity contribution in [3.63, 3.8) is 0 Å². The topological polar surface area (TPSA) is 3.88 Å². The molecule has 0 unspecified atom stereocenters. The van der Waals surface area contributed by atoms with Gasteiger partial charge in [-0.15, -0.1) is 0 Å². The molecule has 0 spiro atoms. The first-order valence-corrected chi connectivity index (χ1v) is 7.10. The Bertz CT molecular complexity index is 524. The van der Waals surface area contributed by atoms with Crippen LogP contribution in [0, 0.1) is 0 Å². The molecule has 1 aromatic carbocycles. The number of rotatable bonds is 3. The molecule has 1 nitrogen and oxygen atoms in total. The van der Waals surface area contributed by atoms with Crippen molar-refractivity contribution in [3.8, 4) is 11.1 Å². The van der Waals surface area contributed by atoms with Crippen LogP contribution in [-0.2, 0) is 7.05 Å². The summed E-state index contributed by atoms with van der Waals surface area (Å²) in [6, 6.07) is 15.3. The van der Waals surface area contributed by atoms with Crippen molar-refractivity contribution in [1.82, 2.24) is 0 Å². The second-order valence-electron chi connectivity index (χ2n) is 5.83. The van der Waals surface area contributed by atoms with E-state index in [2.05, 4.69) is 81.8 Å². The Kier molecular flexibility index (Phi) is 4.04. The standard InChI is InChI=1S/C18H24N/c1-13(2)17-11-16(15-9-7-6-8-10-15)12-18(14(3)4)19(17)5/h6-14H,1-5H3/q+1. The lowest BCUT2D eigenvalue weighted by Crippen LogP contribution is -2.39. The van der Waals surface area contributed by atoms with Crippen LogP contribution in [0.2, 0.25) is 0 Å². The largest absolute Gasteiger partial charge is 0.202 e. The maximum Gasteiger partial charge on any atom is 0.184 e. The normalized spacial score (nSPS) is 11.3. The van der Waals surface area contributed by atoms with E-state index in [1.54, 1.807) is 0 Å². The lowest BCUT2D eigenvalue weighted by atomic mass is 9.97. The Morgan fingerprint density at radius 2 is 1.21 bits per heavy atom. The Morgan fingerprint density at radius 1 is 0.737 bits per heavy atom. The van der Waals surface area contributed by atoms with E-state index in [4.69, 9.17) is 0 Å². The molecule has 2 rings (SSSR count). The fourth-order valence-corrected chi connectivity index (χ4v) is 2.61. The van der Waals surface area contributed by atoms with Crippen molar-refractivity contribution in [2.75, 3.05) is 0 Å². The van der Waals surface area contributed by atoms with Gasteiger partial charge in [0.15, 0.2) is 11.4 Å². The monoisotopic (exact) mass is 254 g/mol. The first-order chi connectivity index (χ1) is 9.00. The Morgan fingerprint density at radius 3 is 1.63 bits per heavy atom. The summed E-state index contributed by atoms with van der Waals surface area (Å²) in [5.74, 6) is 1.07. The highest BCUT2D eigenvalue weighted by Gasteiger charge is 2.20.